The Hall–Kier alpha value is -3.84. The molecule has 5 rings (SSSR count). The molecule has 1 aliphatic heterocycles. The largest absolute Gasteiger partial charge is 0.382 e. The van der Waals surface area contributed by atoms with Gasteiger partial charge in [-0.1, -0.05) is 55.8 Å². The summed E-state index contributed by atoms with van der Waals surface area (Å²) in [5.41, 5.74) is 11.9. The first-order valence-corrected chi connectivity index (χ1v) is 12.1. The highest BCUT2D eigenvalue weighted by Crippen LogP contribution is 2.31. The Labute approximate surface area is 205 Å². The molecule has 35 heavy (non-hydrogen) atoms. The van der Waals surface area contributed by atoms with Crippen LogP contribution >= 0.6 is 0 Å². The van der Waals surface area contributed by atoms with Crippen molar-refractivity contribution in [2.45, 2.75) is 26.2 Å². The molecule has 4 aromatic rings. The van der Waals surface area contributed by atoms with E-state index >= 15 is 0 Å². The molecular formula is C28H29N5O2. The number of benzene rings is 2. The maximum Gasteiger partial charge on any atom is 0.189 e. The monoisotopic (exact) mass is 467 g/mol. The number of morpholine rings is 1. The van der Waals surface area contributed by atoms with Crippen LogP contribution in [-0.4, -0.2) is 47.0 Å². The van der Waals surface area contributed by atoms with Crippen LogP contribution in [0.2, 0.25) is 0 Å². The van der Waals surface area contributed by atoms with Crippen molar-refractivity contribution < 1.29 is 9.53 Å². The van der Waals surface area contributed by atoms with Crippen LogP contribution < -0.4 is 10.6 Å². The molecule has 7 nitrogen and oxygen atoms in total. The van der Waals surface area contributed by atoms with E-state index in [4.69, 9.17) is 10.5 Å². The van der Waals surface area contributed by atoms with Crippen LogP contribution in [0, 0.1) is 0 Å². The average Bonchev–Trinajstić information content (AvgIpc) is 2.90. The summed E-state index contributed by atoms with van der Waals surface area (Å²) in [5.74, 6) is -0.0333. The van der Waals surface area contributed by atoms with E-state index in [0.29, 0.717) is 18.9 Å². The summed E-state index contributed by atoms with van der Waals surface area (Å²) in [6.45, 7) is 5.00. The van der Waals surface area contributed by atoms with E-state index in [2.05, 4.69) is 45.0 Å². The van der Waals surface area contributed by atoms with Gasteiger partial charge in [-0.25, -0.2) is 9.97 Å². The van der Waals surface area contributed by atoms with Gasteiger partial charge in [-0.05, 0) is 18.1 Å². The number of hydrogen-bond acceptors (Lipinski definition) is 7. The second kappa shape index (κ2) is 10.2. The number of anilines is 2. The molecule has 3 heterocycles. The zero-order valence-electron chi connectivity index (χ0n) is 19.9. The molecule has 0 amide bonds. The third-order valence-electron chi connectivity index (χ3n) is 6.35. The van der Waals surface area contributed by atoms with Crippen molar-refractivity contribution in [3.05, 3.63) is 77.7 Å². The van der Waals surface area contributed by atoms with Crippen LogP contribution in [0.25, 0.3) is 22.2 Å². The highest BCUT2D eigenvalue weighted by molar-refractivity contribution is 6.02. The topological polar surface area (TPSA) is 94.2 Å². The molecule has 2 aromatic carbocycles. The number of carbonyl (C=O) groups is 1. The quantitative estimate of drug-likeness (QED) is 0.400. The third-order valence-corrected chi connectivity index (χ3v) is 6.35. The predicted molar refractivity (Wildman–Crippen MR) is 139 cm³/mol. The minimum Gasteiger partial charge on any atom is -0.382 e. The number of hydrogen-bond donors (Lipinski definition) is 1. The van der Waals surface area contributed by atoms with Gasteiger partial charge in [0.25, 0.3) is 0 Å². The lowest BCUT2D eigenvalue weighted by Crippen LogP contribution is -2.37. The Morgan fingerprint density at radius 3 is 2.57 bits per heavy atom. The molecule has 1 fully saturated rings. The van der Waals surface area contributed by atoms with Crippen molar-refractivity contribution in [2.75, 3.05) is 36.9 Å². The van der Waals surface area contributed by atoms with E-state index in [1.165, 1.54) is 5.56 Å². The fourth-order valence-corrected chi connectivity index (χ4v) is 4.59. The van der Waals surface area contributed by atoms with Crippen LogP contribution in [0.1, 0.15) is 35.0 Å². The number of rotatable bonds is 7. The van der Waals surface area contributed by atoms with Crippen molar-refractivity contribution in [2.24, 2.45) is 0 Å². The number of carbonyl (C=O) groups excluding carboxylic acids is 1. The molecule has 0 spiro atoms. The summed E-state index contributed by atoms with van der Waals surface area (Å²) in [6, 6.07) is 16.2. The van der Waals surface area contributed by atoms with E-state index < -0.39 is 0 Å². The normalized spacial score (nSPS) is 13.8. The lowest BCUT2D eigenvalue weighted by Gasteiger charge is -2.31. The molecule has 0 radical (unpaired) electrons. The Morgan fingerprint density at radius 1 is 1.03 bits per heavy atom. The fourth-order valence-electron chi connectivity index (χ4n) is 4.59. The first kappa shape index (κ1) is 22.9. The molecule has 0 atom stereocenters. The van der Waals surface area contributed by atoms with Gasteiger partial charge in [-0.15, -0.1) is 0 Å². The van der Waals surface area contributed by atoms with Crippen molar-refractivity contribution in [3.63, 3.8) is 0 Å². The van der Waals surface area contributed by atoms with Crippen molar-refractivity contribution in [1.82, 2.24) is 15.0 Å². The minimum atomic E-state index is -0.175. The van der Waals surface area contributed by atoms with Gasteiger partial charge in [-0.2, -0.15) is 0 Å². The van der Waals surface area contributed by atoms with Gasteiger partial charge < -0.3 is 15.4 Å². The van der Waals surface area contributed by atoms with Crippen LogP contribution in [0.3, 0.4) is 0 Å². The first-order valence-electron chi connectivity index (χ1n) is 12.1. The third kappa shape index (κ3) is 4.86. The number of aromatic nitrogens is 3. The highest BCUT2D eigenvalue weighted by Gasteiger charge is 2.22. The molecule has 0 saturated carbocycles. The smallest absolute Gasteiger partial charge is 0.189 e. The molecule has 0 bridgehead atoms. The maximum absolute atomic E-state index is 13.5. The lowest BCUT2D eigenvalue weighted by molar-refractivity contribution is 0.0988. The number of ether oxygens (including phenoxy) is 1. The number of aryl methyl sites for hydroxylation is 1. The second-order valence-electron chi connectivity index (χ2n) is 8.78. The average molecular weight is 468 g/mol. The first-order chi connectivity index (χ1) is 17.1. The summed E-state index contributed by atoms with van der Waals surface area (Å²) in [6.07, 6.45) is 5.68. The summed E-state index contributed by atoms with van der Waals surface area (Å²) < 4.78 is 5.56. The Kier molecular flexibility index (Phi) is 6.68. The zero-order valence-corrected chi connectivity index (χ0v) is 19.9. The minimum absolute atomic E-state index is 0.141. The SMILES string of the molecule is CCCc1ccc(-c2cnc(N)c(C(=O)Cc3cnc4ccccc4c3N3CCOCC3)n2)cc1. The predicted octanol–water partition coefficient (Wildman–Crippen LogP) is 4.49. The molecule has 178 valence electrons. The van der Waals surface area contributed by atoms with Crippen LogP contribution in [-0.2, 0) is 17.6 Å². The number of fused-ring (bicyclic) bond motifs is 1. The number of nitrogens with zero attached hydrogens (tertiary/aromatic N) is 4. The van der Waals surface area contributed by atoms with E-state index in [1.807, 2.05) is 30.3 Å². The number of nitrogens with two attached hydrogens (primary N) is 1. The number of Topliss-reactive ketones (excluding diaryl/α,β-unsaturated/α-hetero) is 1. The number of ketones is 1. The van der Waals surface area contributed by atoms with Crippen LogP contribution in [0.4, 0.5) is 11.5 Å². The van der Waals surface area contributed by atoms with Crippen molar-refractivity contribution in [1.29, 1.82) is 0 Å². The van der Waals surface area contributed by atoms with Gasteiger partial charge in [0.05, 0.1) is 36.3 Å². The highest BCUT2D eigenvalue weighted by atomic mass is 16.5. The lowest BCUT2D eigenvalue weighted by atomic mass is 10.0. The molecule has 1 saturated heterocycles. The van der Waals surface area contributed by atoms with Gasteiger partial charge in [0, 0.05) is 42.2 Å². The van der Waals surface area contributed by atoms with E-state index in [9.17, 15) is 4.79 Å². The Balaban J connectivity index is 1.48. The number of para-hydroxylation sites is 1. The number of nitrogen functional groups attached to an aromatic ring is 1. The Morgan fingerprint density at radius 2 is 1.80 bits per heavy atom. The summed E-state index contributed by atoms with van der Waals surface area (Å²) in [7, 11) is 0. The summed E-state index contributed by atoms with van der Waals surface area (Å²) in [4.78, 5) is 29.3. The van der Waals surface area contributed by atoms with E-state index in [0.717, 1.165) is 53.6 Å². The molecule has 0 unspecified atom stereocenters. The summed E-state index contributed by atoms with van der Waals surface area (Å²) in [5, 5.41) is 1.03. The molecule has 2 aromatic heterocycles. The van der Waals surface area contributed by atoms with Gasteiger partial charge in [-0.3, -0.25) is 9.78 Å². The van der Waals surface area contributed by atoms with E-state index in [-0.39, 0.29) is 23.7 Å². The zero-order chi connectivity index (χ0) is 24.2. The Bertz CT molecular complexity index is 1350. The fraction of sp³-hybridized carbons (Fsp3) is 0.286. The molecular weight excluding hydrogens is 438 g/mol. The van der Waals surface area contributed by atoms with Crippen molar-refractivity contribution in [3.8, 4) is 11.3 Å². The standard InChI is InChI=1S/C28H29N5O2/c1-2-5-19-8-10-20(11-9-19)24-18-31-28(29)26(32-24)25(34)16-21-17-30-23-7-4-3-6-22(23)27(21)33-12-14-35-15-13-33/h3-4,6-11,17-18H,2,5,12-16H2,1H3,(H2,29,31). The van der Waals surface area contributed by atoms with Crippen LogP contribution in [0.5, 0.6) is 0 Å². The molecule has 0 aliphatic carbocycles. The maximum atomic E-state index is 13.5. The van der Waals surface area contributed by atoms with Gasteiger partial charge >= 0.3 is 0 Å². The van der Waals surface area contributed by atoms with Gasteiger partial charge in [0.15, 0.2) is 11.6 Å². The summed E-state index contributed by atoms with van der Waals surface area (Å²) >= 11 is 0. The molecule has 7 heteroatoms. The van der Waals surface area contributed by atoms with Crippen LogP contribution in [0.15, 0.2) is 60.9 Å². The van der Waals surface area contributed by atoms with Gasteiger partial charge in [0.2, 0.25) is 0 Å². The van der Waals surface area contributed by atoms with Crippen molar-refractivity contribution >= 4 is 28.2 Å². The van der Waals surface area contributed by atoms with Gasteiger partial charge in [0.1, 0.15) is 5.69 Å². The molecule has 2 N–H and O–H groups in total. The van der Waals surface area contributed by atoms with E-state index in [1.54, 1.807) is 12.4 Å². The molecule has 1 aliphatic rings. The number of pyridine rings is 1. The second-order valence-corrected chi connectivity index (χ2v) is 8.78.